The van der Waals surface area contributed by atoms with Crippen molar-refractivity contribution in [1.82, 2.24) is 9.21 Å². The van der Waals surface area contributed by atoms with Crippen LogP contribution in [0.3, 0.4) is 0 Å². The maximum atomic E-state index is 13.5. The second-order valence-corrected chi connectivity index (χ2v) is 10.6. The zero-order valence-corrected chi connectivity index (χ0v) is 20.2. The molecule has 6 heteroatoms. The van der Waals surface area contributed by atoms with Crippen LogP contribution in [0.5, 0.6) is 0 Å². The fourth-order valence-electron chi connectivity index (χ4n) is 5.48. The fraction of sp³-hybridized carbons (Fsp3) is 0.385. The summed E-state index contributed by atoms with van der Waals surface area (Å²) in [4.78, 5) is 3.00. The van der Waals surface area contributed by atoms with E-state index >= 15 is 0 Å². The van der Waals surface area contributed by atoms with Crippen LogP contribution in [-0.4, -0.2) is 43.8 Å². The first-order valence-electron chi connectivity index (χ1n) is 11.4. The molecule has 1 aliphatic heterocycles. The van der Waals surface area contributed by atoms with Crippen LogP contribution in [-0.2, 0) is 22.9 Å². The average Bonchev–Trinajstić information content (AvgIpc) is 3.23. The summed E-state index contributed by atoms with van der Waals surface area (Å²) in [6.07, 6.45) is 4.32. The van der Waals surface area contributed by atoms with Gasteiger partial charge in [0.25, 0.3) is 0 Å². The summed E-state index contributed by atoms with van der Waals surface area (Å²) in [6.45, 7) is 4.99. The summed E-state index contributed by atoms with van der Waals surface area (Å²) in [5, 5.41) is 1.76. The minimum absolute atomic E-state index is 0. The third kappa shape index (κ3) is 4.08. The van der Waals surface area contributed by atoms with Crippen molar-refractivity contribution in [2.24, 2.45) is 0 Å². The Bertz CT molecular complexity index is 1210. The van der Waals surface area contributed by atoms with Crippen LogP contribution in [0.25, 0.3) is 10.8 Å². The maximum Gasteiger partial charge on any atom is 0.243 e. The van der Waals surface area contributed by atoms with Crippen molar-refractivity contribution in [3.63, 3.8) is 0 Å². The van der Waals surface area contributed by atoms with E-state index in [-0.39, 0.29) is 12.4 Å². The highest BCUT2D eigenvalue weighted by Gasteiger charge is 2.33. The van der Waals surface area contributed by atoms with E-state index < -0.39 is 10.0 Å². The number of benzene rings is 3. The molecule has 1 atom stereocenters. The minimum atomic E-state index is -3.52. The van der Waals surface area contributed by atoms with Gasteiger partial charge >= 0.3 is 0 Å². The van der Waals surface area contributed by atoms with Gasteiger partial charge in [0.05, 0.1) is 4.90 Å². The molecule has 0 unspecified atom stereocenters. The molecule has 170 valence electrons. The first-order valence-corrected chi connectivity index (χ1v) is 12.9. The third-order valence-electron chi connectivity index (χ3n) is 6.99. The molecule has 0 amide bonds. The number of hydrogen-bond acceptors (Lipinski definition) is 3. The van der Waals surface area contributed by atoms with Crippen molar-refractivity contribution >= 4 is 33.2 Å². The maximum absolute atomic E-state index is 13.5. The molecule has 1 heterocycles. The van der Waals surface area contributed by atoms with Crippen LogP contribution in [0.2, 0.25) is 0 Å². The van der Waals surface area contributed by atoms with E-state index in [1.807, 2.05) is 43.3 Å². The van der Waals surface area contributed by atoms with E-state index in [0.29, 0.717) is 24.0 Å². The van der Waals surface area contributed by atoms with Gasteiger partial charge < -0.3 is 0 Å². The standard InChI is InChI=1S/C26H30N2O2S.ClH/c1-2-28(31(29,30)25-13-6-9-20-8-3-4-12-23(20)25)18-7-17-27-19-16-22-11-5-10-21-14-15-24(27)26(21)22;/h3-6,8-13,24H,2,7,14-19H2,1H3;1H/t24-;/m0./s1. The number of fused-ring (bicyclic) bond motifs is 1. The summed E-state index contributed by atoms with van der Waals surface area (Å²) < 4.78 is 28.6. The molecular formula is C26H31ClN2O2S. The SMILES string of the molecule is CCN(CCCN1CCc2cccc3c2[C@@H]1CC3)S(=O)(=O)c1cccc2ccccc12.Cl. The lowest BCUT2D eigenvalue weighted by molar-refractivity contribution is 0.179. The Hall–Kier alpha value is -1.92. The molecule has 0 bridgehead atoms. The molecule has 4 nitrogen and oxygen atoms in total. The summed E-state index contributed by atoms with van der Waals surface area (Å²) in [6, 6.07) is 20.5. The van der Waals surface area contributed by atoms with Gasteiger partial charge in [-0.15, -0.1) is 12.4 Å². The Balaban J connectivity index is 0.00000245. The van der Waals surface area contributed by atoms with Crippen molar-refractivity contribution in [1.29, 1.82) is 0 Å². The van der Waals surface area contributed by atoms with Gasteiger partial charge in [-0.1, -0.05) is 61.5 Å². The highest BCUT2D eigenvalue weighted by atomic mass is 35.5. The molecule has 0 N–H and O–H groups in total. The van der Waals surface area contributed by atoms with E-state index in [0.717, 1.165) is 36.7 Å². The molecule has 0 saturated heterocycles. The lowest BCUT2D eigenvalue weighted by Gasteiger charge is -2.35. The molecule has 0 saturated carbocycles. The van der Waals surface area contributed by atoms with Gasteiger partial charge in [0.1, 0.15) is 0 Å². The molecule has 0 aromatic heterocycles. The highest BCUT2D eigenvalue weighted by Crippen LogP contribution is 2.41. The predicted molar refractivity (Wildman–Crippen MR) is 133 cm³/mol. The second-order valence-electron chi connectivity index (χ2n) is 8.66. The van der Waals surface area contributed by atoms with E-state index in [1.165, 1.54) is 24.0 Å². The molecule has 0 radical (unpaired) electrons. The molecule has 0 spiro atoms. The number of halogens is 1. The zero-order chi connectivity index (χ0) is 21.4. The third-order valence-corrected chi connectivity index (χ3v) is 9.02. The Kier molecular flexibility index (Phi) is 6.91. The lowest BCUT2D eigenvalue weighted by atomic mass is 9.93. The zero-order valence-electron chi connectivity index (χ0n) is 18.5. The Labute approximate surface area is 197 Å². The fourth-order valence-corrected chi connectivity index (χ4v) is 7.18. The quantitative estimate of drug-likeness (QED) is 0.476. The summed E-state index contributed by atoms with van der Waals surface area (Å²) >= 11 is 0. The number of rotatable bonds is 7. The van der Waals surface area contributed by atoms with Crippen molar-refractivity contribution in [3.05, 3.63) is 77.4 Å². The summed E-state index contributed by atoms with van der Waals surface area (Å²) in [5.41, 5.74) is 4.59. The molecule has 3 aromatic carbocycles. The number of hydrogen-bond donors (Lipinski definition) is 0. The average molecular weight is 471 g/mol. The van der Waals surface area contributed by atoms with Crippen LogP contribution >= 0.6 is 12.4 Å². The molecule has 3 aromatic rings. The largest absolute Gasteiger partial charge is 0.296 e. The van der Waals surface area contributed by atoms with E-state index in [9.17, 15) is 8.42 Å². The normalized spacial score (nSPS) is 18.0. The monoisotopic (exact) mass is 470 g/mol. The number of aryl methyl sites for hydroxylation is 1. The molecule has 5 rings (SSSR count). The van der Waals surface area contributed by atoms with Gasteiger partial charge in [-0.2, -0.15) is 4.31 Å². The molecule has 32 heavy (non-hydrogen) atoms. The number of sulfonamides is 1. The highest BCUT2D eigenvalue weighted by molar-refractivity contribution is 7.89. The smallest absolute Gasteiger partial charge is 0.243 e. The van der Waals surface area contributed by atoms with Gasteiger partial charge in [-0.05, 0) is 53.8 Å². The predicted octanol–water partition coefficient (Wildman–Crippen LogP) is 5.21. The van der Waals surface area contributed by atoms with Crippen LogP contribution in [0.15, 0.2) is 65.6 Å². The van der Waals surface area contributed by atoms with Crippen molar-refractivity contribution < 1.29 is 8.42 Å². The Morgan fingerprint density at radius 2 is 1.69 bits per heavy atom. The van der Waals surface area contributed by atoms with Gasteiger partial charge in [-0.3, -0.25) is 4.90 Å². The van der Waals surface area contributed by atoms with Crippen LogP contribution < -0.4 is 0 Å². The van der Waals surface area contributed by atoms with Crippen molar-refractivity contribution in [3.8, 4) is 0 Å². The van der Waals surface area contributed by atoms with E-state index in [2.05, 4.69) is 23.1 Å². The van der Waals surface area contributed by atoms with E-state index in [1.54, 1.807) is 15.9 Å². The summed E-state index contributed by atoms with van der Waals surface area (Å²) in [7, 11) is -3.52. The van der Waals surface area contributed by atoms with Gasteiger partial charge in [-0.25, -0.2) is 8.42 Å². The van der Waals surface area contributed by atoms with Crippen LogP contribution in [0.4, 0.5) is 0 Å². The molecule has 2 aliphatic rings. The van der Waals surface area contributed by atoms with Gasteiger partial charge in [0, 0.05) is 37.6 Å². The Morgan fingerprint density at radius 1 is 0.969 bits per heavy atom. The topological polar surface area (TPSA) is 40.6 Å². The van der Waals surface area contributed by atoms with Gasteiger partial charge in [0.15, 0.2) is 0 Å². The lowest BCUT2D eigenvalue weighted by Crippen LogP contribution is -2.38. The molecular weight excluding hydrogens is 440 g/mol. The van der Waals surface area contributed by atoms with Crippen molar-refractivity contribution in [2.75, 3.05) is 26.2 Å². The van der Waals surface area contributed by atoms with Crippen LogP contribution in [0, 0.1) is 0 Å². The molecule has 0 fully saturated rings. The van der Waals surface area contributed by atoms with E-state index in [4.69, 9.17) is 0 Å². The Morgan fingerprint density at radius 3 is 2.50 bits per heavy atom. The van der Waals surface area contributed by atoms with Gasteiger partial charge in [0.2, 0.25) is 10.0 Å². The first-order chi connectivity index (χ1) is 15.1. The minimum Gasteiger partial charge on any atom is -0.296 e. The first kappa shape index (κ1) is 23.2. The second kappa shape index (κ2) is 9.52. The van der Waals surface area contributed by atoms with Crippen LogP contribution in [0.1, 0.15) is 42.5 Å². The molecule has 1 aliphatic carbocycles. The van der Waals surface area contributed by atoms with Crippen molar-refractivity contribution in [2.45, 2.75) is 43.5 Å². The number of nitrogens with zero attached hydrogens (tertiary/aromatic N) is 2. The summed E-state index contributed by atoms with van der Waals surface area (Å²) in [5.74, 6) is 0.